The van der Waals surface area contributed by atoms with Gasteiger partial charge >= 0.3 is 0 Å². The van der Waals surface area contributed by atoms with E-state index in [2.05, 4.69) is 23.2 Å². The molecular formula is C28H30N4O3. The molecule has 7 heteroatoms. The summed E-state index contributed by atoms with van der Waals surface area (Å²) in [5.41, 5.74) is 10.7. The van der Waals surface area contributed by atoms with E-state index in [-0.39, 0.29) is 11.7 Å². The number of carbonyl (C=O) groups excluding carboxylic acids is 1. The molecule has 3 aliphatic rings. The maximum absolute atomic E-state index is 13.8. The number of allylic oxidation sites excluding steroid dienone is 3. The van der Waals surface area contributed by atoms with Crippen molar-refractivity contribution in [2.45, 2.75) is 31.6 Å². The summed E-state index contributed by atoms with van der Waals surface area (Å²) in [4.78, 5) is 13.8. The van der Waals surface area contributed by atoms with Crippen LogP contribution in [-0.2, 0) is 9.53 Å². The number of Topliss-reactive ketones (excluding diaryl/α,β-unsaturated/α-hetero) is 1. The van der Waals surface area contributed by atoms with E-state index in [1.807, 2.05) is 54.4 Å². The molecule has 7 nitrogen and oxygen atoms in total. The molecule has 5 rings (SSSR count). The lowest BCUT2D eigenvalue weighted by Gasteiger charge is -2.47. The van der Waals surface area contributed by atoms with Gasteiger partial charge in [0.15, 0.2) is 5.78 Å². The van der Waals surface area contributed by atoms with Crippen LogP contribution in [-0.4, -0.2) is 48.7 Å². The van der Waals surface area contributed by atoms with E-state index in [0.717, 1.165) is 22.6 Å². The van der Waals surface area contributed by atoms with Crippen LogP contribution in [0.2, 0.25) is 0 Å². The number of hydrogen-bond donors (Lipinski definition) is 1. The fourth-order valence-corrected chi connectivity index (χ4v) is 5.41. The molecule has 180 valence electrons. The molecule has 0 bridgehead atoms. The first-order valence-corrected chi connectivity index (χ1v) is 12.2. The summed E-state index contributed by atoms with van der Waals surface area (Å²) in [6.45, 7) is 4.96. The van der Waals surface area contributed by atoms with Gasteiger partial charge in [-0.3, -0.25) is 9.80 Å². The van der Waals surface area contributed by atoms with E-state index in [1.165, 1.54) is 0 Å². The number of benzene rings is 2. The number of ether oxygens (including phenoxy) is 2. The molecule has 2 aromatic rings. The van der Waals surface area contributed by atoms with E-state index in [4.69, 9.17) is 15.2 Å². The SMILES string of the molecule is CCOc1ccc(C2C(C#N)=C(N)N(N3CCOCC3)C3=C2C(=O)CC(c2ccccc2)C3)cc1. The van der Waals surface area contributed by atoms with E-state index < -0.39 is 5.92 Å². The summed E-state index contributed by atoms with van der Waals surface area (Å²) in [5, 5.41) is 14.3. The molecule has 2 aromatic carbocycles. The van der Waals surface area contributed by atoms with Gasteiger partial charge in [-0.25, -0.2) is 5.01 Å². The third kappa shape index (κ3) is 4.31. The van der Waals surface area contributed by atoms with Crippen molar-refractivity contribution in [3.63, 3.8) is 0 Å². The predicted octanol–water partition coefficient (Wildman–Crippen LogP) is 3.83. The predicted molar refractivity (Wildman–Crippen MR) is 132 cm³/mol. The number of nitriles is 1. The molecule has 1 aliphatic carbocycles. The molecule has 35 heavy (non-hydrogen) atoms. The van der Waals surface area contributed by atoms with Crippen LogP contribution in [0.3, 0.4) is 0 Å². The van der Waals surface area contributed by atoms with Gasteiger partial charge in [-0.2, -0.15) is 5.26 Å². The van der Waals surface area contributed by atoms with Crippen molar-refractivity contribution in [1.82, 2.24) is 10.0 Å². The summed E-state index contributed by atoms with van der Waals surface area (Å²) < 4.78 is 11.2. The average Bonchev–Trinajstić information content (AvgIpc) is 2.89. The molecule has 1 fully saturated rings. The molecular weight excluding hydrogens is 440 g/mol. The number of hydrazine groups is 1. The van der Waals surface area contributed by atoms with Crippen molar-refractivity contribution < 1.29 is 14.3 Å². The molecule has 2 unspecified atom stereocenters. The Labute approximate surface area is 206 Å². The second kappa shape index (κ2) is 9.95. The first kappa shape index (κ1) is 23.2. The summed E-state index contributed by atoms with van der Waals surface area (Å²) in [6, 6.07) is 20.2. The van der Waals surface area contributed by atoms with Gasteiger partial charge in [-0.1, -0.05) is 42.5 Å². The molecule has 0 radical (unpaired) electrons. The number of nitrogens with two attached hydrogens (primary N) is 1. The van der Waals surface area contributed by atoms with Crippen LogP contribution in [0.1, 0.15) is 42.7 Å². The minimum Gasteiger partial charge on any atom is -0.494 e. The Kier molecular flexibility index (Phi) is 6.58. The molecule has 0 spiro atoms. The largest absolute Gasteiger partial charge is 0.494 e. The van der Waals surface area contributed by atoms with Gasteiger partial charge in [0.05, 0.1) is 37.4 Å². The number of hydrogen-bond acceptors (Lipinski definition) is 7. The third-order valence-corrected chi connectivity index (χ3v) is 7.01. The monoisotopic (exact) mass is 470 g/mol. The summed E-state index contributed by atoms with van der Waals surface area (Å²) in [6.07, 6.45) is 1.08. The van der Waals surface area contributed by atoms with Crippen molar-refractivity contribution in [3.05, 3.63) is 88.4 Å². The Morgan fingerprint density at radius 2 is 1.77 bits per heavy atom. The van der Waals surface area contributed by atoms with Crippen LogP contribution < -0.4 is 10.5 Å². The summed E-state index contributed by atoms with van der Waals surface area (Å²) in [5.74, 6) is 0.785. The average molecular weight is 471 g/mol. The topological polar surface area (TPSA) is 91.8 Å². The van der Waals surface area contributed by atoms with Gasteiger partial charge in [0, 0.05) is 30.8 Å². The van der Waals surface area contributed by atoms with E-state index in [0.29, 0.717) is 62.7 Å². The smallest absolute Gasteiger partial charge is 0.162 e. The van der Waals surface area contributed by atoms with Crippen molar-refractivity contribution in [1.29, 1.82) is 5.26 Å². The Morgan fingerprint density at radius 3 is 2.43 bits per heavy atom. The maximum Gasteiger partial charge on any atom is 0.162 e. The Hall–Kier alpha value is -3.60. The van der Waals surface area contributed by atoms with Crippen molar-refractivity contribution in [2.24, 2.45) is 5.73 Å². The van der Waals surface area contributed by atoms with Gasteiger partial charge in [0.2, 0.25) is 0 Å². The van der Waals surface area contributed by atoms with Crippen molar-refractivity contribution in [2.75, 3.05) is 32.9 Å². The molecule has 2 atom stereocenters. The number of carbonyl (C=O) groups is 1. The second-order valence-corrected chi connectivity index (χ2v) is 9.02. The second-order valence-electron chi connectivity index (χ2n) is 9.02. The molecule has 2 heterocycles. The lowest BCUT2D eigenvalue weighted by molar-refractivity contribution is -0.117. The number of morpholine rings is 1. The zero-order valence-electron chi connectivity index (χ0n) is 19.9. The highest BCUT2D eigenvalue weighted by molar-refractivity contribution is 6.00. The molecule has 2 aliphatic heterocycles. The van der Waals surface area contributed by atoms with Gasteiger partial charge in [0.1, 0.15) is 11.6 Å². The Balaban J connectivity index is 1.63. The highest BCUT2D eigenvalue weighted by Crippen LogP contribution is 2.48. The zero-order chi connectivity index (χ0) is 24.4. The molecule has 2 N–H and O–H groups in total. The first-order valence-electron chi connectivity index (χ1n) is 12.2. The van der Waals surface area contributed by atoms with Crippen LogP contribution >= 0.6 is 0 Å². The lowest BCUT2D eigenvalue weighted by atomic mass is 9.72. The minimum absolute atomic E-state index is 0.0587. The van der Waals surface area contributed by atoms with Crippen LogP contribution in [0.5, 0.6) is 5.75 Å². The normalized spacial score (nSPS) is 23.2. The van der Waals surface area contributed by atoms with Gasteiger partial charge in [-0.05, 0) is 42.5 Å². The van der Waals surface area contributed by atoms with Crippen molar-refractivity contribution in [3.8, 4) is 11.8 Å². The minimum atomic E-state index is -0.493. The fourth-order valence-electron chi connectivity index (χ4n) is 5.41. The Morgan fingerprint density at radius 1 is 1.06 bits per heavy atom. The quantitative estimate of drug-likeness (QED) is 0.710. The van der Waals surface area contributed by atoms with Crippen LogP contribution in [0.4, 0.5) is 0 Å². The van der Waals surface area contributed by atoms with Gasteiger partial charge < -0.3 is 15.2 Å². The van der Waals surface area contributed by atoms with Crippen LogP contribution in [0, 0.1) is 11.3 Å². The Bertz CT molecular complexity index is 1190. The first-order chi connectivity index (χ1) is 17.1. The van der Waals surface area contributed by atoms with E-state index in [9.17, 15) is 10.1 Å². The molecule has 1 saturated heterocycles. The van der Waals surface area contributed by atoms with E-state index >= 15 is 0 Å². The zero-order valence-corrected chi connectivity index (χ0v) is 19.9. The highest BCUT2D eigenvalue weighted by atomic mass is 16.5. The number of ketones is 1. The maximum atomic E-state index is 13.8. The lowest BCUT2D eigenvalue weighted by Crippen LogP contribution is -2.52. The summed E-state index contributed by atoms with van der Waals surface area (Å²) in [7, 11) is 0. The molecule has 0 saturated carbocycles. The van der Waals surface area contributed by atoms with Crippen LogP contribution in [0.25, 0.3) is 0 Å². The van der Waals surface area contributed by atoms with Crippen molar-refractivity contribution >= 4 is 5.78 Å². The van der Waals surface area contributed by atoms with Crippen LogP contribution in [0.15, 0.2) is 77.3 Å². The fraction of sp³-hybridized carbons (Fsp3) is 0.357. The molecule has 0 aromatic heterocycles. The van der Waals surface area contributed by atoms with Gasteiger partial charge in [-0.15, -0.1) is 0 Å². The summed E-state index contributed by atoms with van der Waals surface area (Å²) >= 11 is 0. The van der Waals surface area contributed by atoms with Gasteiger partial charge in [0.25, 0.3) is 0 Å². The number of rotatable bonds is 5. The highest BCUT2D eigenvalue weighted by Gasteiger charge is 2.44. The van der Waals surface area contributed by atoms with E-state index in [1.54, 1.807) is 0 Å². The standard InChI is InChI=1S/C28H30N4O3/c1-2-35-22-10-8-20(9-11-22)26-23(18-29)28(30)32(31-12-14-34-15-13-31)24-16-21(17-25(33)27(24)26)19-6-4-3-5-7-19/h3-11,21,26H,2,12-17,30H2,1H3. The molecule has 0 amide bonds. The number of nitrogens with zero attached hydrogens (tertiary/aromatic N) is 3. The third-order valence-electron chi connectivity index (χ3n) is 7.01.